The van der Waals surface area contributed by atoms with Crippen LogP contribution in [0.15, 0.2) is 19.6 Å². The highest BCUT2D eigenvalue weighted by Gasteiger charge is 2.28. The van der Waals surface area contributed by atoms with Gasteiger partial charge in [0.2, 0.25) is 0 Å². The predicted octanol–water partition coefficient (Wildman–Crippen LogP) is 4.31. The van der Waals surface area contributed by atoms with Gasteiger partial charge in [0.15, 0.2) is 4.67 Å². The van der Waals surface area contributed by atoms with Gasteiger partial charge in [-0.3, -0.25) is 4.90 Å². The Balaban J connectivity index is 2.08. The van der Waals surface area contributed by atoms with Crippen LogP contribution >= 0.6 is 31.9 Å². The minimum atomic E-state index is 0.154. The molecule has 0 bridgehead atoms. The summed E-state index contributed by atoms with van der Waals surface area (Å²) in [4.78, 5) is 2.39. The van der Waals surface area contributed by atoms with Crippen molar-refractivity contribution in [3.8, 4) is 0 Å². The fourth-order valence-electron chi connectivity index (χ4n) is 2.91. The molecule has 1 fully saturated rings. The van der Waals surface area contributed by atoms with Gasteiger partial charge in [0.25, 0.3) is 0 Å². The zero-order chi connectivity index (χ0) is 14.0. The van der Waals surface area contributed by atoms with Crippen LogP contribution in [0, 0.1) is 5.92 Å². The molecule has 0 radical (unpaired) electrons. The first-order valence-electron chi connectivity index (χ1n) is 6.89. The minimum Gasteiger partial charge on any atom is -0.451 e. The number of hydrogen-bond acceptors (Lipinski definition) is 3. The third-order valence-electron chi connectivity index (χ3n) is 4.27. The average Bonchev–Trinajstić information content (AvgIpc) is 2.71. The highest BCUT2D eigenvalue weighted by atomic mass is 79.9. The molecule has 0 saturated heterocycles. The van der Waals surface area contributed by atoms with Crippen molar-refractivity contribution >= 4 is 31.9 Å². The standard InChI is InChI=1S/C14H22Br2N2O/c1-9-3-5-10(6-4-9)18(2)12(8-17)13-7-11(15)14(16)19-13/h7,9-10,12H,3-6,8,17H2,1-2H3. The quantitative estimate of drug-likeness (QED) is 0.828. The zero-order valence-electron chi connectivity index (χ0n) is 11.5. The molecule has 2 rings (SSSR count). The molecule has 1 aliphatic rings. The van der Waals surface area contributed by atoms with Crippen LogP contribution in [0.1, 0.15) is 44.4 Å². The number of rotatable bonds is 4. The number of likely N-dealkylation sites (N-methyl/N-ethyl adjacent to an activating group) is 1. The maximum Gasteiger partial charge on any atom is 0.183 e. The Kier molecular flexibility index (Phi) is 5.52. The van der Waals surface area contributed by atoms with Crippen molar-refractivity contribution in [2.75, 3.05) is 13.6 Å². The van der Waals surface area contributed by atoms with E-state index in [1.165, 1.54) is 25.7 Å². The Labute approximate surface area is 132 Å². The molecule has 3 nitrogen and oxygen atoms in total. The van der Waals surface area contributed by atoms with E-state index in [2.05, 4.69) is 50.7 Å². The molecule has 1 aromatic heterocycles. The number of nitrogens with zero attached hydrogens (tertiary/aromatic N) is 1. The van der Waals surface area contributed by atoms with Gasteiger partial charge >= 0.3 is 0 Å². The molecule has 1 unspecified atom stereocenters. The van der Waals surface area contributed by atoms with E-state index in [0.717, 1.165) is 20.8 Å². The summed E-state index contributed by atoms with van der Waals surface area (Å²) in [6.07, 6.45) is 5.16. The Morgan fingerprint density at radius 2 is 2.00 bits per heavy atom. The molecular formula is C14H22Br2N2O. The van der Waals surface area contributed by atoms with Gasteiger partial charge in [-0.05, 0) is 76.6 Å². The van der Waals surface area contributed by atoms with Gasteiger partial charge < -0.3 is 10.2 Å². The minimum absolute atomic E-state index is 0.154. The second-order valence-electron chi connectivity index (χ2n) is 5.60. The first kappa shape index (κ1) is 15.5. The van der Waals surface area contributed by atoms with Crippen LogP contribution in [-0.4, -0.2) is 24.5 Å². The number of hydrogen-bond donors (Lipinski definition) is 1. The normalized spacial score (nSPS) is 25.8. The lowest BCUT2D eigenvalue weighted by Gasteiger charge is -2.37. The van der Waals surface area contributed by atoms with Gasteiger partial charge in [-0.15, -0.1) is 0 Å². The molecule has 0 spiro atoms. The molecule has 0 aromatic carbocycles. The third-order valence-corrected chi connectivity index (χ3v) is 5.98. The molecule has 1 saturated carbocycles. The van der Waals surface area contributed by atoms with Crippen LogP contribution in [0.2, 0.25) is 0 Å². The van der Waals surface area contributed by atoms with Crippen LogP contribution in [0.25, 0.3) is 0 Å². The average molecular weight is 394 g/mol. The van der Waals surface area contributed by atoms with Gasteiger partial charge in [-0.1, -0.05) is 6.92 Å². The van der Waals surface area contributed by atoms with E-state index in [0.29, 0.717) is 12.6 Å². The van der Waals surface area contributed by atoms with Crippen LogP contribution in [0.3, 0.4) is 0 Å². The molecule has 1 aromatic rings. The molecular weight excluding hydrogens is 372 g/mol. The van der Waals surface area contributed by atoms with E-state index in [1.807, 2.05) is 6.07 Å². The van der Waals surface area contributed by atoms with Crippen molar-refractivity contribution in [2.24, 2.45) is 11.7 Å². The lowest BCUT2D eigenvalue weighted by molar-refractivity contribution is 0.113. The second-order valence-corrected chi connectivity index (χ2v) is 7.18. The van der Waals surface area contributed by atoms with E-state index in [-0.39, 0.29) is 6.04 Å². The van der Waals surface area contributed by atoms with Gasteiger partial charge in [0.1, 0.15) is 5.76 Å². The lowest BCUT2D eigenvalue weighted by atomic mass is 9.86. The monoisotopic (exact) mass is 392 g/mol. The molecule has 1 atom stereocenters. The fraction of sp³-hybridized carbons (Fsp3) is 0.714. The predicted molar refractivity (Wildman–Crippen MR) is 85.1 cm³/mol. The summed E-state index contributed by atoms with van der Waals surface area (Å²) in [6, 6.07) is 2.79. The van der Waals surface area contributed by atoms with Crippen LogP contribution in [-0.2, 0) is 0 Å². The van der Waals surface area contributed by atoms with Crippen molar-refractivity contribution in [3.05, 3.63) is 21.0 Å². The maximum atomic E-state index is 5.97. The summed E-state index contributed by atoms with van der Waals surface area (Å²) in [7, 11) is 2.17. The number of nitrogens with two attached hydrogens (primary N) is 1. The molecule has 1 heterocycles. The summed E-state index contributed by atoms with van der Waals surface area (Å²) >= 11 is 6.86. The third kappa shape index (κ3) is 3.63. The molecule has 0 amide bonds. The van der Waals surface area contributed by atoms with Gasteiger partial charge in [-0.2, -0.15) is 0 Å². The first-order chi connectivity index (χ1) is 9.02. The number of furan rings is 1. The molecule has 2 N–H and O–H groups in total. The van der Waals surface area contributed by atoms with Crippen LogP contribution < -0.4 is 5.73 Å². The van der Waals surface area contributed by atoms with Crippen LogP contribution in [0.5, 0.6) is 0 Å². The van der Waals surface area contributed by atoms with Gasteiger partial charge in [0.05, 0.1) is 10.5 Å². The summed E-state index contributed by atoms with van der Waals surface area (Å²) < 4.78 is 7.44. The summed E-state index contributed by atoms with van der Waals surface area (Å²) in [5, 5.41) is 0. The topological polar surface area (TPSA) is 42.4 Å². The molecule has 1 aliphatic carbocycles. The van der Waals surface area contributed by atoms with Crippen molar-refractivity contribution in [1.82, 2.24) is 4.90 Å². The van der Waals surface area contributed by atoms with E-state index >= 15 is 0 Å². The number of halogens is 2. The highest BCUT2D eigenvalue weighted by molar-refractivity contribution is 9.13. The van der Waals surface area contributed by atoms with Crippen LogP contribution in [0.4, 0.5) is 0 Å². The Morgan fingerprint density at radius 1 is 1.37 bits per heavy atom. The summed E-state index contributed by atoms with van der Waals surface area (Å²) in [5.41, 5.74) is 5.97. The SMILES string of the molecule is CC1CCC(N(C)C(CN)c2cc(Br)c(Br)o2)CC1. The van der Waals surface area contributed by atoms with E-state index in [9.17, 15) is 0 Å². The second kappa shape index (κ2) is 6.74. The van der Waals surface area contributed by atoms with Crippen molar-refractivity contribution in [2.45, 2.75) is 44.7 Å². The maximum absolute atomic E-state index is 5.97. The molecule has 108 valence electrons. The molecule has 0 aliphatic heterocycles. The van der Waals surface area contributed by atoms with Crippen molar-refractivity contribution in [3.63, 3.8) is 0 Å². The smallest absolute Gasteiger partial charge is 0.183 e. The van der Waals surface area contributed by atoms with E-state index in [4.69, 9.17) is 10.2 Å². The first-order valence-corrected chi connectivity index (χ1v) is 8.48. The molecule has 5 heteroatoms. The van der Waals surface area contributed by atoms with Gasteiger partial charge in [-0.25, -0.2) is 0 Å². The largest absolute Gasteiger partial charge is 0.451 e. The van der Waals surface area contributed by atoms with E-state index in [1.54, 1.807) is 0 Å². The Morgan fingerprint density at radius 3 is 2.47 bits per heavy atom. The Hall–Kier alpha value is 0.160. The van der Waals surface area contributed by atoms with Crippen molar-refractivity contribution in [1.29, 1.82) is 0 Å². The summed E-state index contributed by atoms with van der Waals surface area (Å²) in [6.45, 7) is 2.92. The lowest BCUT2D eigenvalue weighted by Crippen LogP contribution is -2.40. The van der Waals surface area contributed by atoms with Crippen molar-refractivity contribution < 1.29 is 4.42 Å². The molecule has 19 heavy (non-hydrogen) atoms. The summed E-state index contributed by atoms with van der Waals surface area (Å²) in [5.74, 6) is 1.80. The highest BCUT2D eigenvalue weighted by Crippen LogP contribution is 2.35. The van der Waals surface area contributed by atoms with Gasteiger partial charge in [0, 0.05) is 12.6 Å². The zero-order valence-corrected chi connectivity index (χ0v) is 14.7. The van der Waals surface area contributed by atoms with E-state index < -0.39 is 0 Å². The Bertz CT molecular complexity index is 394. The fourth-order valence-corrected chi connectivity index (χ4v) is 3.52.